The Bertz CT molecular complexity index is 1170. The van der Waals surface area contributed by atoms with E-state index in [2.05, 4.69) is 51.4 Å². The third kappa shape index (κ3) is 6.66. The molecule has 9 nitrogen and oxygen atoms in total. The summed E-state index contributed by atoms with van der Waals surface area (Å²) in [6, 6.07) is 9.01. The summed E-state index contributed by atoms with van der Waals surface area (Å²) >= 11 is 0. The second-order valence-electron chi connectivity index (χ2n) is 10.3. The number of benzene rings is 1. The van der Waals surface area contributed by atoms with Gasteiger partial charge in [-0.1, -0.05) is 31.2 Å². The minimum Gasteiger partial charge on any atom is -0.366 e. The Morgan fingerprint density at radius 1 is 1.03 bits per heavy atom. The summed E-state index contributed by atoms with van der Waals surface area (Å²) in [5.41, 5.74) is 3.71. The van der Waals surface area contributed by atoms with Crippen LogP contribution < -0.4 is 5.32 Å². The zero-order chi connectivity index (χ0) is 26.6. The lowest BCUT2D eigenvalue weighted by Crippen LogP contribution is -2.52. The number of anilines is 1. The van der Waals surface area contributed by atoms with Crippen LogP contribution in [0.3, 0.4) is 0 Å². The molecule has 0 bridgehead atoms. The van der Waals surface area contributed by atoms with Gasteiger partial charge in [0, 0.05) is 44.3 Å². The lowest BCUT2D eigenvalue weighted by Gasteiger charge is -2.43. The van der Waals surface area contributed by atoms with Gasteiger partial charge in [0.1, 0.15) is 17.8 Å². The number of carbonyl (C=O) groups is 1. The second kappa shape index (κ2) is 11.9. The predicted molar refractivity (Wildman–Crippen MR) is 146 cm³/mol. The van der Waals surface area contributed by atoms with Crippen LogP contribution >= 0.6 is 0 Å². The van der Waals surface area contributed by atoms with Crippen LogP contribution in [-0.2, 0) is 23.0 Å². The highest BCUT2D eigenvalue weighted by atomic mass is 32.2. The molecule has 2 aliphatic rings. The molecule has 0 aliphatic carbocycles. The van der Waals surface area contributed by atoms with Gasteiger partial charge in [0.2, 0.25) is 10.0 Å². The molecular formula is C27H40N6O3S. The van der Waals surface area contributed by atoms with Gasteiger partial charge in [-0.05, 0) is 63.2 Å². The van der Waals surface area contributed by atoms with E-state index < -0.39 is 10.0 Å². The fourth-order valence-electron chi connectivity index (χ4n) is 5.39. The van der Waals surface area contributed by atoms with Gasteiger partial charge >= 0.3 is 0 Å². The first-order valence-corrected chi connectivity index (χ1v) is 15.1. The van der Waals surface area contributed by atoms with Crippen molar-refractivity contribution in [1.29, 1.82) is 0 Å². The molecule has 4 rings (SSSR count). The van der Waals surface area contributed by atoms with Crippen LogP contribution in [0.4, 0.5) is 5.82 Å². The number of carbonyl (C=O) groups excluding carboxylic acids is 1. The molecule has 2 saturated heterocycles. The Balaban J connectivity index is 1.30. The topological polar surface area (TPSA) is 98.7 Å². The number of amides is 1. The normalized spacial score (nSPS) is 18.4. The first kappa shape index (κ1) is 27.5. The Hall–Kier alpha value is -2.56. The van der Waals surface area contributed by atoms with Crippen molar-refractivity contribution in [3.63, 3.8) is 0 Å². The zero-order valence-electron chi connectivity index (χ0n) is 22.5. The van der Waals surface area contributed by atoms with E-state index in [1.54, 1.807) is 7.05 Å². The summed E-state index contributed by atoms with van der Waals surface area (Å²) in [4.78, 5) is 26.4. The number of nitrogens with zero attached hydrogens (tertiary/aromatic N) is 5. The van der Waals surface area contributed by atoms with Gasteiger partial charge < -0.3 is 15.1 Å². The van der Waals surface area contributed by atoms with Crippen LogP contribution in [0.2, 0.25) is 0 Å². The standard InChI is InChI=1S/C27H40N6O3S/c1-5-21-6-8-22(9-7-21)18-28-26-20(2)25(29-19-30-26)27(34)33-16-12-24(13-17-33)32-14-10-23(11-15-32)31(3)37(4,35)36/h6-9,19,23-24H,5,10-18H2,1-4H3,(H,28,29,30). The minimum atomic E-state index is -3.16. The van der Waals surface area contributed by atoms with Gasteiger partial charge in [0.25, 0.3) is 5.91 Å². The zero-order valence-corrected chi connectivity index (χ0v) is 23.3. The van der Waals surface area contributed by atoms with Crippen molar-refractivity contribution in [3.8, 4) is 0 Å². The maximum absolute atomic E-state index is 13.3. The number of sulfonamides is 1. The lowest BCUT2D eigenvalue weighted by atomic mass is 9.97. The number of aryl methyl sites for hydroxylation is 1. The van der Waals surface area contributed by atoms with Gasteiger partial charge in [0.15, 0.2) is 0 Å². The van der Waals surface area contributed by atoms with E-state index in [1.165, 1.54) is 22.5 Å². The van der Waals surface area contributed by atoms with Gasteiger partial charge in [-0.25, -0.2) is 22.7 Å². The quantitative estimate of drug-likeness (QED) is 0.563. The van der Waals surface area contributed by atoms with E-state index in [0.717, 1.165) is 56.3 Å². The van der Waals surface area contributed by atoms with Crippen molar-refractivity contribution >= 4 is 21.7 Å². The van der Waals surface area contributed by atoms with Crippen molar-refractivity contribution in [2.45, 2.75) is 64.6 Å². The first-order valence-electron chi connectivity index (χ1n) is 13.3. The largest absolute Gasteiger partial charge is 0.366 e. The molecule has 10 heteroatoms. The van der Waals surface area contributed by atoms with E-state index >= 15 is 0 Å². The van der Waals surface area contributed by atoms with Crippen molar-refractivity contribution < 1.29 is 13.2 Å². The highest BCUT2D eigenvalue weighted by molar-refractivity contribution is 7.88. The maximum atomic E-state index is 13.3. The molecule has 2 fully saturated rings. The van der Waals surface area contributed by atoms with E-state index in [1.807, 2.05) is 11.8 Å². The third-order valence-corrected chi connectivity index (χ3v) is 9.33. The van der Waals surface area contributed by atoms with E-state index in [4.69, 9.17) is 0 Å². The molecule has 0 atom stereocenters. The SMILES string of the molecule is CCc1ccc(CNc2ncnc(C(=O)N3CCC(N4CCC(N(C)S(C)(=O)=O)CC4)CC3)c2C)cc1. The van der Waals surface area contributed by atoms with Gasteiger partial charge in [0.05, 0.1) is 6.26 Å². The van der Waals surface area contributed by atoms with Gasteiger partial charge in [-0.2, -0.15) is 0 Å². The van der Waals surface area contributed by atoms with Crippen molar-refractivity contribution in [1.82, 2.24) is 24.1 Å². The summed E-state index contributed by atoms with van der Waals surface area (Å²) in [6.45, 7) is 7.86. The minimum absolute atomic E-state index is 0.0396. The molecule has 0 unspecified atom stereocenters. The molecule has 1 N–H and O–H groups in total. The van der Waals surface area contributed by atoms with E-state index in [-0.39, 0.29) is 11.9 Å². The third-order valence-electron chi connectivity index (χ3n) is 7.98. The summed E-state index contributed by atoms with van der Waals surface area (Å²) in [5, 5.41) is 3.37. The summed E-state index contributed by atoms with van der Waals surface area (Å²) < 4.78 is 25.2. The van der Waals surface area contributed by atoms with Crippen LogP contribution in [0.5, 0.6) is 0 Å². The predicted octanol–water partition coefficient (Wildman–Crippen LogP) is 2.92. The Morgan fingerprint density at radius 3 is 2.24 bits per heavy atom. The maximum Gasteiger partial charge on any atom is 0.272 e. The van der Waals surface area contributed by atoms with E-state index in [9.17, 15) is 13.2 Å². The summed E-state index contributed by atoms with van der Waals surface area (Å²) in [6.07, 6.45) is 7.29. The van der Waals surface area contributed by atoms with Gasteiger partial charge in [-0.3, -0.25) is 4.79 Å². The number of hydrogen-bond donors (Lipinski definition) is 1. The van der Waals surface area contributed by atoms with Crippen LogP contribution in [0, 0.1) is 6.92 Å². The number of hydrogen-bond acceptors (Lipinski definition) is 7. The second-order valence-corrected chi connectivity index (χ2v) is 12.3. The Labute approximate surface area is 221 Å². The van der Waals surface area contributed by atoms with Crippen molar-refractivity contribution in [2.24, 2.45) is 0 Å². The molecule has 0 spiro atoms. The highest BCUT2D eigenvalue weighted by Crippen LogP contribution is 2.25. The number of nitrogens with one attached hydrogen (secondary N) is 1. The van der Waals surface area contributed by atoms with Gasteiger partial charge in [-0.15, -0.1) is 0 Å². The summed E-state index contributed by atoms with van der Waals surface area (Å²) in [5.74, 6) is 0.650. The number of rotatable bonds is 8. The smallest absolute Gasteiger partial charge is 0.272 e. The van der Waals surface area contributed by atoms with Crippen molar-refractivity contribution in [2.75, 3.05) is 44.8 Å². The molecular weight excluding hydrogens is 488 g/mol. The molecule has 37 heavy (non-hydrogen) atoms. The highest BCUT2D eigenvalue weighted by Gasteiger charge is 2.33. The fraction of sp³-hybridized carbons (Fsp3) is 0.593. The molecule has 202 valence electrons. The molecule has 1 aromatic carbocycles. The molecule has 0 saturated carbocycles. The molecule has 0 radical (unpaired) electrons. The van der Waals surface area contributed by atoms with Crippen LogP contribution in [0.1, 0.15) is 59.8 Å². The van der Waals surface area contributed by atoms with Crippen LogP contribution in [0.15, 0.2) is 30.6 Å². The molecule has 1 aromatic heterocycles. The fourth-order valence-corrected chi connectivity index (χ4v) is 6.14. The average Bonchev–Trinajstić information content (AvgIpc) is 2.91. The van der Waals surface area contributed by atoms with E-state index in [0.29, 0.717) is 37.2 Å². The molecule has 1 amide bonds. The number of likely N-dealkylation sites (tertiary alicyclic amines) is 2. The van der Waals surface area contributed by atoms with Crippen LogP contribution in [-0.4, -0.2) is 90.0 Å². The Kier molecular flexibility index (Phi) is 8.82. The van der Waals surface area contributed by atoms with Crippen molar-refractivity contribution in [3.05, 3.63) is 53.0 Å². The molecule has 2 aromatic rings. The lowest BCUT2D eigenvalue weighted by molar-refractivity contribution is 0.0542. The summed E-state index contributed by atoms with van der Waals surface area (Å²) in [7, 11) is -1.48. The monoisotopic (exact) mass is 528 g/mol. The molecule has 2 aliphatic heterocycles. The number of piperidine rings is 2. The Morgan fingerprint density at radius 2 is 1.65 bits per heavy atom. The average molecular weight is 529 g/mol. The van der Waals surface area contributed by atoms with Crippen LogP contribution in [0.25, 0.3) is 0 Å². The number of aromatic nitrogens is 2. The molecule has 3 heterocycles. The first-order chi connectivity index (χ1) is 17.7.